The SMILES string of the molecule is NCCc1ccccc1C(=O)Nc1cn[nH]c1. The first-order valence-corrected chi connectivity index (χ1v) is 5.39. The second kappa shape index (κ2) is 5.27. The molecular formula is C12H14N4O. The van der Waals surface area contributed by atoms with E-state index in [4.69, 9.17) is 5.73 Å². The van der Waals surface area contributed by atoms with E-state index in [1.807, 2.05) is 18.2 Å². The number of carbonyl (C=O) groups is 1. The highest BCUT2D eigenvalue weighted by Gasteiger charge is 2.10. The number of nitrogens with zero attached hydrogens (tertiary/aromatic N) is 1. The van der Waals surface area contributed by atoms with Crippen LogP contribution in [-0.2, 0) is 6.42 Å². The molecule has 0 saturated carbocycles. The molecule has 17 heavy (non-hydrogen) atoms. The fourth-order valence-corrected chi connectivity index (χ4v) is 1.63. The molecule has 4 N–H and O–H groups in total. The topological polar surface area (TPSA) is 83.8 Å². The van der Waals surface area contributed by atoms with Crippen molar-refractivity contribution in [1.29, 1.82) is 0 Å². The maximum atomic E-state index is 12.0. The lowest BCUT2D eigenvalue weighted by atomic mass is 10.0. The largest absolute Gasteiger partial charge is 0.330 e. The molecule has 0 saturated heterocycles. The van der Waals surface area contributed by atoms with Crippen LogP contribution in [0.4, 0.5) is 5.69 Å². The second-order valence-electron chi connectivity index (χ2n) is 3.64. The summed E-state index contributed by atoms with van der Waals surface area (Å²) in [4.78, 5) is 12.0. The molecule has 0 unspecified atom stereocenters. The molecule has 0 atom stereocenters. The lowest BCUT2D eigenvalue weighted by Gasteiger charge is -2.07. The fourth-order valence-electron chi connectivity index (χ4n) is 1.63. The fraction of sp³-hybridized carbons (Fsp3) is 0.167. The van der Waals surface area contributed by atoms with E-state index in [9.17, 15) is 4.79 Å². The van der Waals surface area contributed by atoms with Crippen molar-refractivity contribution in [3.8, 4) is 0 Å². The Kier molecular flexibility index (Phi) is 3.52. The van der Waals surface area contributed by atoms with Crippen LogP contribution in [0.5, 0.6) is 0 Å². The van der Waals surface area contributed by atoms with Crippen LogP contribution in [0, 0.1) is 0 Å². The monoisotopic (exact) mass is 230 g/mol. The maximum Gasteiger partial charge on any atom is 0.256 e. The first-order chi connectivity index (χ1) is 8.31. The van der Waals surface area contributed by atoms with Crippen LogP contribution in [0.15, 0.2) is 36.7 Å². The smallest absolute Gasteiger partial charge is 0.256 e. The van der Waals surface area contributed by atoms with E-state index in [2.05, 4.69) is 15.5 Å². The van der Waals surface area contributed by atoms with Crippen LogP contribution < -0.4 is 11.1 Å². The Hall–Kier alpha value is -2.14. The summed E-state index contributed by atoms with van der Waals surface area (Å²) < 4.78 is 0. The number of benzene rings is 1. The van der Waals surface area contributed by atoms with E-state index in [0.717, 1.165) is 5.56 Å². The number of rotatable bonds is 4. The molecule has 0 aliphatic heterocycles. The number of hydrogen-bond donors (Lipinski definition) is 3. The number of H-pyrrole nitrogens is 1. The summed E-state index contributed by atoms with van der Waals surface area (Å²) in [6.45, 7) is 0.524. The first-order valence-electron chi connectivity index (χ1n) is 5.39. The summed E-state index contributed by atoms with van der Waals surface area (Å²) in [6.07, 6.45) is 3.88. The van der Waals surface area contributed by atoms with Gasteiger partial charge in [0, 0.05) is 11.8 Å². The number of nitrogens with two attached hydrogens (primary N) is 1. The van der Waals surface area contributed by atoms with Gasteiger partial charge in [-0.3, -0.25) is 9.89 Å². The molecule has 1 heterocycles. The van der Waals surface area contributed by atoms with Crippen molar-refractivity contribution in [3.05, 3.63) is 47.8 Å². The van der Waals surface area contributed by atoms with Crippen LogP contribution in [0.3, 0.4) is 0 Å². The number of hydrogen-bond acceptors (Lipinski definition) is 3. The lowest BCUT2D eigenvalue weighted by Crippen LogP contribution is -2.15. The Bertz CT molecular complexity index is 493. The highest BCUT2D eigenvalue weighted by Crippen LogP contribution is 2.12. The normalized spacial score (nSPS) is 10.2. The molecule has 88 valence electrons. The average Bonchev–Trinajstić information content (AvgIpc) is 2.83. The number of aromatic nitrogens is 2. The Labute approximate surface area is 99.0 Å². The number of carbonyl (C=O) groups excluding carboxylic acids is 1. The van der Waals surface area contributed by atoms with E-state index in [-0.39, 0.29) is 5.91 Å². The van der Waals surface area contributed by atoms with Gasteiger partial charge >= 0.3 is 0 Å². The minimum atomic E-state index is -0.143. The van der Waals surface area contributed by atoms with Crippen LogP contribution in [-0.4, -0.2) is 22.6 Å². The molecule has 5 nitrogen and oxygen atoms in total. The van der Waals surface area contributed by atoms with Crippen LogP contribution in [0.1, 0.15) is 15.9 Å². The molecular weight excluding hydrogens is 216 g/mol. The van der Waals surface area contributed by atoms with E-state index in [1.54, 1.807) is 18.5 Å². The number of nitrogens with one attached hydrogen (secondary N) is 2. The van der Waals surface area contributed by atoms with Gasteiger partial charge in [-0.1, -0.05) is 18.2 Å². The molecule has 0 aliphatic carbocycles. The van der Waals surface area contributed by atoms with Gasteiger partial charge in [0.1, 0.15) is 0 Å². The minimum absolute atomic E-state index is 0.143. The number of amides is 1. The van der Waals surface area contributed by atoms with Gasteiger partial charge in [-0.15, -0.1) is 0 Å². The minimum Gasteiger partial charge on any atom is -0.330 e. The predicted octanol–water partition coefficient (Wildman–Crippen LogP) is 1.16. The van der Waals surface area contributed by atoms with Gasteiger partial charge < -0.3 is 11.1 Å². The zero-order chi connectivity index (χ0) is 12.1. The Morgan fingerprint density at radius 3 is 2.94 bits per heavy atom. The molecule has 5 heteroatoms. The standard InChI is InChI=1S/C12H14N4O/c13-6-5-9-3-1-2-4-11(9)12(17)16-10-7-14-15-8-10/h1-4,7-8H,5-6,13H2,(H,14,15)(H,16,17). The first kappa shape index (κ1) is 11.3. The van der Waals surface area contributed by atoms with Gasteiger partial charge in [0.05, 0.1) is 11.9 Å². The zero-order valence-corrected chi connectivity index (χ0v) is 9.31. The second-order valence-corrected chi connectivity index (χ2v) is 3.64. The number of anilines is 1. The summed E-state index contributed by atoms with van der Waals surface area (Å²) in [5.41, 5.74) is 7.78. The van der Waals surface area contributed by atoms with Crippen molar-refractivity contribution in [3.63, 3.8) is 0 Å². The summed E-state index contributed by atoms with van der Waals surface area (Å²) in [7, 11) is 0. The van der Waals surface area contributed by atoms with Gasteiger partial charge in [0.25, 0.3) is 5.91 Å². The maximum absolute atomic E-state index is 12.0. The molecule has 0 aliphatic rings. The van der Waals surface area contributed by atoms with Gasteiger partial charge in [-0.2, -0.15) is 5.10 Å². The molecule has 0 fully saturated rings. The Balaban J connectivity index is 2.18. The molecule has 2 rings (SSSR count). The number of aromatic amines is 1. The third-order valence-electron chi connectivity index (χ3n) is 2.43. The van der Waals surface area contributed by atoms with E-state index in [1.165, 1.54) is 0 Å². The van der Waals surface area contributed by atoms with Gasteiger partial charge in [-0.05, 0) is 24.6 Å². The van der Waals surface area contributed by atoms with Crippen molar-refractivity contribution >= 4 is 11.6 Å². The third-order valence-corrected chi connectivity index (χ3v) is 2.43. The van der Waals surface area contributed by atoms with Crippen LogP contribution in [0.25, 0.3) is 0 Å². The highest BCUT2D eigenvalue weighted by molar-refractivity contribution is 6.05. The molecule has 0 radical (unpaired) electrons. The van der Waals surface area contributed by atoms with Crippen LogP contribution in [0.2, 0.25) is 0 Å². The average molecular weight is 230 g/mol. The van der Waals surface area contributed by atoms with Gasteiger partial charge in [-0.25, -0.2) is 0 Å². The predicted molar refractivity (Wildman–Crippen MR) is 65.7 cm³/mol. The van der Waals surface area contributed by atoms with Crippen molar-refractivity contribution < 1.29 is 4.79 Å². The third kappa shape index (κ3) is 2.70. The van der Waals surface area contributed by atoms with Crippen molar-refractivity contribution in [1.82, 2.24) is 10.2 Å². The Morgan fingerprint density at radius 1 is 1.41 bits per heavy atom. The molecule has 0 bridgehead atoms. The summed E-state index contributed by atoms with van der Waals surface area (Å²) in [5.74, 6) is -0.143. The summed E-state index contributed by atoms with van der Waals surface area (Å²) >= 11 is 0. The van der Waals surface area contributed by atoms with Crippen molar-refractivity contribution in [2.75, 3.05) is 11.9 Å². The van der Waals surface area contributed by atoms with E-state index < -0.39 is 0 Å². The molecule has 2 aromatic rings. The van der Waals surface area contributed by atoms with Crippen LogP contribution >= 0.6 is 0 Å². The molecule has 1 amide bonds. The van der Waals surface area contributed by atoms with Crippen molar-refractivity contribution in [2.24, 2.45) is 5.73 Å². The van der Waals surface area contributed by atoms with Gasteiger partial charge in [0.2, 0.25) is 0 Å². The zero-order valence-electron chi connectivity index (χ0n) is 9.31. The van der Waals surface area contributed by atoms with E-state index >= 15 is 0 Å². The molecule has 0 spiro atoms. The Morgan fingerprint density at radius 2 is 2.24 bits per heavy atom. The van der Waals surface area contributed by atoms with Crippen molar-refractivity contribution in [2.45, 2.75) is 6.42 Å². The summed E-state index contributed by atoms with van der Waals surface area (Å²) in [5, 5.41) is 9.17. The van der Waals surface area contributed by atoms with E-state index in [0.29, 0.717) is 24.2 Å². The molecule has 1 aromatic heterocycles. The highest BCUT2D eigenvalue weighted by atomic mass is 16.1. The molecule has 1 aromatic carbocycles. The van der Waals surface area contributed by atoms with Gasteiger partial charge in [0.15, 0.2) is 0 Å². The summed E-state index contributed by atoms with van der Waals surface area (Å²) in [6, 6.07) is 7.45. The quantitative estimate of drug-likeness (QED) is 0.737. The lowest BCUT2D eigenvalue weighted by molar-refractivity contribution is 0.102.